The summed E-state index contributed by atoms with van der Waals surface area (Å²) in [6.45, 7) is 7.18. The maximum absolute atomic E-state index is 11.4. The van der Waals surface area contributed by atoms with Crippen LogP contribution in [-0.2, 0) is 9.63 Å². The normalized spacial score (nSPS) is 12.8. The van der Waals surface area contributed by atoms with E-state index >= 15 is 0 Å². The van der Waals surface area contributed by atoms with Crippen molar-refractivity contribution < 1.29 is 14.7 Å². The lowest BCUT2D eigenvalue weighted by Gasteiger charge is -2.13. The van der Waals surface area contributed by atoms with Gasteiger partial charge in [0, 0.05) is 45.3 Å². The van der Waals surface area contributed by atoms with Gasteiger partial charge in [0.2, 0.25) is 5.91 Å². The van der Waals surface area contributed by atoms with E-state index < -0.39 is 6.10 Å². The van der Waals surface area contributed by atoms with Crippen molar-refractivity contribution in [1.82, 2.24) is 10.6 Å². The fraction of sp³-hybridized carbons (Fsp3) is 0.579. The van der Waals surface area contributed by atoms with Gasteiger partial charge in [-0.05, 0) is 24.6 Å². The molecule has 0 aromatic heterocycles. The molecule has 0 aliphatic carbocycles. The third-order valence-electron chi connectivity index (χ3n) is 3.78. The molecule has 0 aliphatic rings. The number of anilines is 1. The van der Waals surface area contributed by atoms with Crippen molar-refractivity contribution in [2.45, 2.75) is 26.9 Å². The number of nitrogens with zero attached hydrogens (tertiary/aromatic N) is 2. The lowest BCUT2D eigenvalue weighted by molar-refractivity contribution is -0.123. The second kappa shape index (κ2) is 11.5. The second-order valence-electron chi connectivity index (χ2n) is 6.72. The van der Waals surface area contributed by atoms with E-state index in [2.05, 4.69) is 15.8 Å². The first kappa shape index (κ1) is 21.9. The van der Waals surface area contributed by atoms with Gasteiger partial charge in [-0.1, -0.05) is 31.1 Å². The van der Waals surface area contributed by atoms with E-state index in [1.165, 1.54) is 0 Å². The number of nitrogens with one attached hydrogen (secondary N) is 2. The zero-order chi connectivity index (χ0) is 19.5. The molecular formula is C19H32N4O3. The summed E-state index contributed by atoms with van der Waals surface area (Å²) < 4.78 is 0. The molecule has 0 spiro atoms. The standard InChI is InChI=1S/C19H32N4O3/c1-14(2)19(25)21-11-10-20-12-18(24)13-26-22-15(3)16-6-8-17(9-7-16)23(4)5/h6-9,14,18,20,24H,10-13H2,1-5H3,(H,21,25)/b22-15+. The Morgan fingerprint density at radius 2 is 1.88 bits per heavy atom. The van der Waals surface area contributed by atoms with Crippen LogP contribution in [0.4, 0.5) is 5.69 Å². The first-order valence-electron chi connectivity index (χ1n) is 8.92. The predicted molar refractivity (Wildman–Crippen MR) is 106 cm³/mol. The van der Waals surface area contributed by atoms with Crippen molar-refractivity contribution in [1.29, 1.82) is 0 Å². The maximum Gasteiger partial charge on any atom is 0.222 e. The highest BCUT2D eigenvalue weighted by molar-refractivity contribution is 5.98. The largest absolute Gasteiger partial charge is 0.393 e. The molecule has 0 saturated heterocycles. The van der Waals surface area contributed by atoms with E-state index in [4.69, 9.17) is 4.84 Å². The number of benzene rings is 1. The fourth-order valence-corrected chi connectivity index (χ4v) is 2.08. The summed E-state index contributed by atoms with van der Waals surface area (Å²) in [5, 5.41) is 19.8. The van der Waals surface area contributed by atoms with Gasteiger partial charge in [-0.3, -0.25) is 4.79 Å². The Hall–Kier alpha value is -2.12. The molecule has 1 unspecified atom stereocenters. The van der Waals surface area contributed by atoms with Crippen LogP contribution in [0.15, 0.2) is 29.4 Å². The molecule has 7 nitrogen and oxygen atoms in total. The Kier molecular flexibility index (Phi) is 9.69. The number of aliphatic hydroxyl groups excluding tert-OH is 1. The highest BCUT2D eigenvalue weighted by Crippen LogP contribution is 2.12. The Bertz CT molecular complexity index is 571. The lowest BCUT2D eigenvalue weighted by Crippen LogP contribution is -2.37. The summed E-state index contributed by atoms with van der Waals surface area (Å²) >= 11 is 0. The smallest absolute Gasteiger partial charge is 0.222 e. The van der Waals surface area contributed by atoms with E-state index in [0.29, 0.717) is 19.6 Å². The fourth-order valence-electron chi connectivity index (χ4n) is 2.08. The lowest BCUT2D eigenvalue weighted by atomic mass is 10.1. The van der Waals surface area contributed by atoms with E-state index in [-0.39, 0.29) is 18.4 Å². The molecule has 0 heterocycles. The highest BCUT2D eigenvalue weighted by Gasteiger charge is 2.07. The summed E-state index contributed by atoms with van der Waals surface area (Å²) in [7, 11) is 3.99. The van der Waals surface area contributed by atoms with E-state index in [1.807, 2.05) is 64.0 Å². The number of oxime groups is 1. The van der Waals surface area contributed by atoms with E-state index in [1.54, 1.807) is 0 Å². The molecule has 1 amide bonds. The average Bonchev–Trinajstić information content (AvgIpc) is 2.61. The van der Waals surface area contributed by atoms with Crippen LogP contribution in [0.2, 0.25) is 0 Å². The van der Waals surface area contributed by atoms with Gasteiger partial charge in [0.25, 0.3) is 0 Å². The van der Waals surface area contributed by atoms with Crippen LogP contribution < -0.4 is 15.5 Å². The molecule has 0 aliphatic heterocycles. The van der Waals surface area contributed by atoms with Gasteiger partial charge in [0.15, 0.2) is 0 Å². The van der Waals surface area contributed by atoms with Crippen LogP contribution in [0.5, 0.6) is 0 Å². The van der Waals surface area contributed by atoms with Gasteiger partial charge in [-0.2, -0.15) is 0 Å². The summed E-state index contributed by atoms with van der Waals surface area (Å²) in [6, 6.07) is 8.01. The third-order valence-corrected chi connectivity index (χ3v) is 3.78. The molecule has 146 valence electrons. The molecule has 26 heavy (non-hydrogen) atoms. The number of aliphatic hydroxyl groups is 1. The molecule has 0 bridgehead atoms. The minimum Gasteiger partial charge on any atom is -0.393 e. The van der Waals surface area contributed by atoms with E-state index in [0.717, 1.165) is 17.0 Å². The quantitative estimate of drug-likeness (QED) is 0.312. The predicted octanol–water partition coefficient (Wildman–Crippen LogP) is 1.22. The second-order valence-corrected chi connectivity index (χ2v) is 6.72. The zero-order valence-electron chi connectivity index (χ0n) is 16.5. The molecule has 7 heteroatoms. The van der Waals surface area contributed by atoms with Crippen LogP contribution in [0.25, 0.3) is 0 Å². The van der Waals surface area contributed by atoms with Gasteiger partial charge in [-0.15, -0.1) is 0 Å². The number of amides is 1. The maximum atomic E-state index is 11.4. The number of hydrogen-bond acceptors (Lipinski definition) is 6. The molecule has 0 fully saturated rings. The average molecular weight is 364 g/mol. The minimum atomic E-state index is -0.663. The topological polar surface area (TPSA) is 86.2 Å². The van der Waals surface area contributed by atoms with Gasteiger partial charge < -0.3 is 25.5 Å². The Morgan fingerprint density at radius 1 is 1.23 bits per heavy atom. The molecule has 1 atom stereocenters. The number of carbonyl (C=O) groups excluding carboxylic acids is 1. The third kappa shape index (κ3) is 8.31. The van der Waals surface area contributed by atoms with Crippen molar-refractivity contribution in [3.8, 4) is 0 Å². The molecule has 0 radical (unpaired) electrons. The number of carbonyl (C=O) groups is 1. The molecular weight excluding hydrogens is 332 g/mol. The van der Waals surface area contributed by atoms with Crippen LogP contribution in [0.1, 0.15) is 26.3 Å². The molecule has 1 rings (SSSR count). The van der Waals surface area contributed by atoms with E-state index in [9.17, 15) is 9.90 Å². The molecule has 0 saturated carbocycles. The van der Waals surface area contributed by atoms with Gasteiger partial charge in [-0.25, -0.2) is 0 Å². The zero-order valence-corrected chi connectivity index (χ0v) is 16.5. The Balaban J connectivity index is 2.24. The Labute approximate surface area is 156 Å². The van der Waals surface area contributed by atoms with Crippen molar-refractivity contribution >= 4 is 17.3 Å². The van der Waals surface area contributed by atoms with Gasteiger partial charge in [0.1, 0.15) is 12.7 Å². The summed E-state index contributed by atoms with van der Waals surface area (Å²) in [4.78, 5) is 18.7. The Morgan fingerprint density at radius 3 is 2.46 bits per heavy atom. The summed E-state index contributed by atoms with van der Waals surface area (Å²) in [5.74, 6) is 0.00767. The van der Waals surface area contributed by atoms with Crippen molar-refractivity contribution in [3.05, 3.63) is 29.8 Å². The SMILES string of the molecule is C/C(=N\OCC(O)CNCCNC(=O)C(C)C)c1ccc(N(C)C)cc1. The van der Waals surface area contributed by atoms with Crippen LogP contribution in [0.3, 0.4) is 0 Å². The molecule has 1 aromatic rings. The first-order valence-corrected chi connectivity index (χ1v) is 8.92. The summed E-state index contributed by atoms with van der Waals surface area (Å²) in [6.07, 6.45) is -0.663. The number of hydrogen-bond donors (Lipinski definition) is 3. The monoisotopic (exact) mass is 364 g/mol. The summed E-state index contributed by atoms with van der Waals surface area (Å²) in [5.41, 5.74) is 2.85. The van der Waals surface area contributed by atoms with Crippen molar-refractivity contribution in [2.75, 3.05) is 45.2 Å². The molecule has 1 aromatic carbocycles. The minimum absolute atomic E-state index is 0.0193. The van der Waals surface area contributed by atoms with Crippen LogP contribution in [0, 0.1) is 5.92 Å². The van der Waals surface area contributed by atoms with Gasteiger partial charge >= 0.3 is 0 Å². The van der Waals surface area contributed by atoms with Crippen LogP contribution in [-0.4, -0.2) is 63.2 Å². The van der Waals surface area contributed by atoms with Crippen LogP contribution >= 0.6 is 0 Å². The van der Waals surface area contributed by atoms with Gasteiger partial charge in [0.05, 0.1) is 5.71 Å². The molecule has 3 N–H and O–H groups in total. The highest BCUT2D eigenvalue weighted by atomic mass is 16.6. The van der Waals surface area contributed by atoms with Crippen molar-refractivity contribution in [3.63, 3.8) is 0 Å². The van der Waals surface area contributed by atoms with Crippen molar-refractivity contribution in [2.24, 2.45) is 11.1 Å². The number of rotatable bonds is 11. The first-order chi connectivity index (χ1) is 12.3.